The van der Waals surface area contributed by atoms with Crippen LogP contribution >= 0.6 is 11.6 Å². The Kier molecular flexibility index (Phi) is 5.30. The summed E-state index contributed by atoms with van der Waals surface area (Å²) in [6.45, 7) is 6.06. The van der Waals surface area contributed by atoms with Crippen LogP contribution in [0.15, 0.2) is 36.1 Å². The van der Waals surface area contributed by atoms with Crippen LogP contribution in [0.25, 0.3) is 6.08 Å². The first-order valence-corrected chi connectivity index (χ1v) is 8.79. The number of ether oxygens (including phenoxy) is 1. The largest absolute Gasteiger partial charge is 0.507 e. The molecule has 3 rings (SSSR count). The van der Waals surface area contributed by atoms with Crippen molar-refractivity contribution >= 4 is 23.5 Å². The van der Waals surface area contributed by atoms with E-state index >= 15 is 0 Å². The second-order valence-corrected chi connectivity index (χ2v) is 6.38. The first kappa shape index (κ1) is 18.4. The molecule has 1 heterocycles. The van der Waals surface area contributed by atoms with Gasteiger partial charge in [0.15, 0.2) is 5.76 Å². The van der Waals surface area contributed by atoms with Gasteiger partial charge in [-0.15, -0.1) is 0 Å². The smallest absolute Gasteiger partial charge is 0.231 e. The monoisotopic (exact) mass is 375 g/mol. The minimum atomic E-state index is -0.538. The van der Waals surface area contributed by atoms with Crippen LogP contribution in [0.1, 0.15) is 35.3 Å². The van der Waals surface area contributed by atoms with E-state index in [4.69, 9.17) is 16.3 Å². The number of Topliss-reactive ketones (excluding diaryl/α,β-unsaturated/α-hetero) is 1. The molecule has 26 heavy (non-hydrogen) atoms. The van der Waals surface area contributed by atoms with Gasteiger partial charge in [-0.25, -0.2) is 4.39 Å². The third kappa shape index (κ3) is 3.32. The van der Waals surface area contributed by atoms with Gasteiger partial charge in [0.1, 0.15) is 17.3 Å². The van der Waals surface area contributed by atoms with E-state index in [9.17, 15) is 14.3 Å². The minimum absolute atomic E-state index is 0.0154. The number of ketones is 1. The number of allylic oxidation sites excluding steroid dienone is 1. The molecule has 0 aliphatic carbocycles. The van der Waals surface area contributed by atoms with Crippen molar-refractivity contribution in [1.82, 2.24) is 4.90 Å². The summed E-state index contributed by atoms with van der Waals surface area (Å²) in [5.74, 6) is -0.531. The number of phenols is 1. The summed E-state index contributed by atoms with van der Waals surface area (Å²) in [7, 11) is 0. The molecule has 1 N–H and O–H groups in total. The molecule has 0 saturated carbocycles. The Labute approximate surface area is 156 Å². The Hall–Kier alpha value is -2.37. The number of nitrogens with zero attached hydrogens (tertiary/aromatic N) is 1. The highest BCUT2D eigenvalue weighted by molar-refractivity contribution is 6.32. The summed E-state index contributed by atoms with van der Waals surface area (Å²) in [6.07, 6.45) is 1.30. The third-order valence-corrected chi connectivity index (χ3v) is 4.80. The van der Waals surface area contributed by atoms with Crippen LogP contribution in [-0.2, 0) is 6.54 Å². The maximum Gasteiger partial charge on any atom is 0.231 e. The maximum absolute atomic E-state index is 14.0. The Morgan fingerprint density at radius 1 is 1.23 bits per heavy atom. The predicted molar refractivity (Wildman–Crippen MR) is 99.1 cm³/mol. The van der Waals surface area contributed by atoms with E-state index in [2.05, 4.69) is 4.90 Å². The zero-order chi connectivity index (χ0) is 18.8. The number of rotatable bonds is 5. The molecule has 0 aromatic heterocycles. The fraction of sp³-hybridized carbons (Fsp3) is 0.250. The average molecular weight is 376 g/mol. The molecule has 0 atom stereocenters. The molecule has 0 amide bonds. The van der Waals surface area contributed by atoms with E-state index in [-0.39, 0.29) is 27.9 Å². The van der Waals surface area contributed by atoms with Crippen molar-refractivity contribution in [1.29, 1.82) is 0 Å². The standard InChI is InChI=1S/C20H19ClFNO3/c1-3-23(4-2)11-14-17(24)9-8-12-19(25)18(26-20(12)14)10-13-15(21)6-5-7-16(13)22/h5-10,24H,3-4,11H2,1-2H3/b18-10+. The minimum Gasteiger partial charge on any atom is -0.507 e. The summed E-state index contributed by atoms with van der Waals surface area (Å²) in [5.41, 5.74) is 0.992. The van der Waals surface area contributed by atoms with Gasteiger partial charge in [-0.1, -0.05) is 31.5 Å². The molecule has 4 nitrogen and oxygen atoms in total. The van der Waals surface area contributed by atoms with Crippen molar-refractivity contribution in [2.45, 2.75) is 20.4 Å². The Bertz CT molecular complexity index is 871. The van der Waals surface area contributed by atoms with Crippen molar-refractivity contribution < 1.29 is 19.0 Å². The maximum atomic E-state index is 14.0. The zero-order valence-electron chi connectivity index (χ0n) is 14.6. The number of carbonyl (C=O) groups is 1. The molecule has 0 fully saturated rings. The van der Waals surface area contributed by atoms with Crippen LogP contribution in [-0.4, -0.2) is 28.9 Å². The van der Waals surface area contributed by atoms with Crippen LogP contribution in [0.5, 0.6) is 11.5 Å². The molecule has 0 bridgehead atoms. The fourth-order valence-corrected chi connectivity index (χ4v) is 3.12. The predicted octanol–water partition coefficient (Wildman–Crippen LogP) is 4.64. The molecule has 136 valence electrons. The molecule has 2 aromatic carbocycles. The van der Waals surface area contributed by atoms with Gasteiger partial charge in [-0.2, -0.15) is 0 Å². The van der Waals surface area contributed by atoms with E-state index in [1.807, 2.05) is 13.8 Å². The Balaban J connectivity index is 2.03. The normalized spacial score (nSPS) is 14.8. The summed E-state index contributed by atoms with van der Waals surface area (Å²) in [6, 6.07) is 7.30. The number of phenolic OH excluding ortho intramolecular Hbond substituents is 1. The highest BCUT2D eigenvalue weighted by Gasteiger charge is 2.31. The number of aromatic hydroxyl groups is 1. The first-order valence-electron chi connectivity index (χ1n) is 8.41. The SMILES string of the molecule is CCN(CC)Cc1c(O)ccc2c1O/C(=C/c1c(F)cccc1Cl)C2=O. The van der Waals surface area contributed by atoms with Gasteiger partial charge in [0.2, 0.25) is 5.78 Å². The molecule has 0 unspecified atom stereocenters. The fourth-order valence-electron chi connectivity index (χ4n) is 2.90. The molecular formula is C20H19ClFNO3. The highest BCUT2D eigenvalue weighted by atomic mass is 35.5. The molecule has 1 aliphatic heterocycles. The topological polar surface area (TPSA) is 49.8 Å². The lowest BCUT2D eigenvalue weighted by atomic mass is 10.0. The zero-order valence-corrected chi connectivity index (χ0v) is 15.3. The second kappa shape index (κ2) is 7.48. The number of halogens is 2. The Morgan fingerprint density at radius 3 is 2.62 bits per heavy atom. The van der Waals surface area contributed by atoms with E-state index < -0.39 is 5.82 Å². The Morgan fingerprint density at radius 2 is 1.96 bits per heavy atom. The van der Waals surface area contributed by atoms with E-state index in [0.29, 0.717) is 23.4 Å². The van der Waals surface area contributed by atoms with Crippen LogP contribution in [0.3, 0.4) is 0 Å². The van der Waals surface area contributed by atoms with Gasteiger partial charge in [0.25, 0.3) is 0 Å². The van der Waals surface area contributed by atoms with Crippen LogP contribution in [0, 0.1) is 5.82 Å². The van der Waals surface area contributed by atoms with E-state index in [0.717, 1.165) is 13.1 Å². The van der Waals surface area contributed by atoms with Gasteiger partial charge in [0.05, 0.1) is 16.1 Å². The summed E-state index contributed by atoms with van der Waals surface area (Å²) in [4.78, 5) is 14.8. The molecular weight excluding hydrogens is 357 g/mol. The molecule has 0 spiro atoms. The van der Waals surface area contributed by atoms with Crippen LogP contribution < -0.4 is 4.74 Å². The highest BCUT2D eigenvalue weighted by Crippen LogP contribution is 2.40. The van der Waals surface area contributed by atoms with Crippen molar-refractivity contribution in [3.63, 3.8) is 0 Å². The first-order chi connectivity index (χ1) is 12.5. The van der Waals surface area contributed by atoms with E-state index in [1.54, 1.807) is 6.07 Å². The molecule has 0 radical (unpaired) electrons. The van der Waals surface area contributed by atoms with Crippen molar-refractivity contribution in [2.75, 3.05) is 13.1 Å². The average Bonchev–Trinajstić information content (AvgIpc) is 2.94. The van der Waals surface area contributed by atoms with Crippen molar-refractivity contribution in [3.05, 3.63) is 63.6 Å². The number of hydrogen-bond donors (Lipinski definition) is 1. The lowest BCUT2D eigenvalue weighted by molar-refractivity contribution is 0.101. The van der Waals surface area contributed by atoms with Gasteiger partial charge < -0.3 is 9.84 Å². The van der Waals surface area contributed by atoms with Crippen LogP contribution in [0.4, 0.5) is 4.39 Å². The summed E-state index contributed by atoms with van der Waals surface area (Å²) >= 11 is 6.03. The quantitative estimate of drug-likeness (QED) is 0.773. The van der Waals surface area contributed by atoms with Gasteiger partial charge in [0, 0.05) is 12.1 Å². The van der Waals surface area contributed by atoms with Gasteiger partial charge in [-0.3, -0.25) is 9.69 Å². The van der Waals surface area contributed by atoms with Crippen molar-refractivity contribution in [2.24, 2.45) is 0 Å². The molecule has 2 aromatic rings. The second-order valence-electron chi connectivity index (χ2n) is 5.98. The van der Waals surface area contributed by atoms with Crippen LogP contribution in [0.2, 0.25) is 5.02 Å². The molecule has 6 heteroatoms. The number of carbonyl (C=O) groups excluding carboxylic acids is 1. The molecule has 1 aliphatic rings. The van der Waals surface area contributed by atoms with Gasteiger partial charge in [-0.05, 0) is 43.4 Å². The van der Waals surface area contributed by atoms with Gasteiger partial charge >= 0.3 is 0 Å². The summed E-state index contributed by atoms with van der Waals surface area (Å²) in [5, 5.41) is 10.4. The summed E-state index contributed by atoms with van der Waals surface area (Å²) < 4.78 is 19.8. The third-order valence-electron chi connectivity index (χ3n) is 4.47. The number of fused-ring (bicyclic) bond motifs is 1. The lowest BCUT2D eigenvalue weighted by Gasteiger charge is -2.20. The van der Waals surface area contributed by atoms with E-state index in [1.165, 1.54) is 30.3 Å². The van der Waals surface area contributed by atoms with Crippen molar-refractivity contribution in [3.8, 4) is 11.5 Å². The lowest BCUT2D eigenvalue weighted by Crippen LogP contribution is -2.22. The molecule has 0 saturated heterocycles. The number of benzene rings is 2. The number of hydrogen-bond acceptors (Lipinski definition) is 4.